The molecule has 3 saturated heterocycles. The number of likely N-dealkylation sites (tertiary alicyclic amines) is 2. The lowest BCUT2D eigenvalue weighted by Gasteiger charge is -2.33. The molecule has 0 N–H and O–H groups in total. The molecule has 1 aromatic rings. The predicted molar refractivity (Wildman–Crippen MR) is 106 cm³/mol. The fourth-order valence-electron chi connectivity index (χ4n) is 5.02. The number of rotatable bonds is 5. The van der Waals surface area contributed by atoms with Gasteiger partial charge >= 0.3 is 0 Å². The van der Waals surface area contributed by atoms with Crippen molar-refractivity contribution in [1.29, 1.82) is 0 Å². The van der Waals surface area contributed by atoms with Crippen LogP contribution < -0.4 is 0 Å². The van der Waals surface area contributed by atoms with Gasteiger partial charge in [-0.15, -0.1) is 0 Å². The Morgan fingerprint density at radius 3 is 2.65 bits per heavy atom. The highest BCUT2D eigenvalue weighted by Crippen LogP contribution is 2.45. The zero-order chi connectivity index (χ0) is 17.9. The van der Waals surface area contributed by atoms with Crippen LogP contribution in [-0.4, -0.2) is 67.1 Å². The van der Waals surface area contributed by atoms with Gasteiger partial charge in [-0.3, -0.25) is 4.79 Å². The average Bonchev–Trinajstić information content (AvgIpc) is 3.24. The Bertz CT molecular complexity index is 605. The van der Waals surface area contributed by atoms with Crippen LogP contribution in [0.3, 0.4) is 0 Å². The largest absolute Gasteiger partial charge is 0.381 e. The van der Waals surface area contributed by atoms with E-state index in [-0.39, 0.29) is 12.0 Å². The highest BCUT2D eigenvalue weighted by molar-refractivity contribution is 7.98. The molecule has 0 saturated carbocycles. The molecule has 4 nitrogen and oxygen atoms in total. The number of thioether (sulfide) groups is 1. The first-order chi connectivity index (χ1) is 12.8. The first-order valence-electron chi connectivity index (χ1n) is 9.92. The highest BCUT2D eigenvalue weighted by Gasteiger charge is 2.49. The molecule has 3 fully saturated rings. The highest BCUT2D eigenvalue weighted by atomic mass is 32.2. The minimum atomic E-state index is 0.154. The molecule has 0 spiro atoms. The second-order valence-corrected chi connectivity index (χ2v) is 8.89. The number of hydrogen-bond donors (Lipinski definition) is 0. The molecule has 0 unspecified atom stereocenters. The van der Waals surface area contributed by atoms with E-state index >= 15 is 0 Å². The van der Waals surface area contributed by atoms with Crippen molar-refractivity contribution in [3.05, 3.63) is 35.9 Å². The number of hydrogen-bond acceptors (Lipinski definition) is 4. The molecule has 0 aromatic heterocycles. The van der Waals surface area contributed by atoms with Crippen LogP contribution in [0.2, 0.25) is 0 Å². The summed E-state index contributed by atoms with van der Waals surface area (Å²) in [4.78, 5) is 18.2. The molecular formula is C21H30N2O2S. The number of nitrogens with zero attached hydrogens (tertiary/aromatic N) is 2. The molecule has 1 aromatic carbocycles. The normalized spacial score (nSPS) is 29.9. The lowest BCUT2D eigenvalue weighted by molar-refractivity contribution is -0.140. The van der Waals surface area contributed by atoms with Crippen LogP contribution in [-0.2, 0) is 9.53 Å². The van der Waals surface area contributed by atoms with Gasteiger partial charge in [0.25, 0.3) is 0 Å². The molecule has 1 amide bonds. The molecule has 0 bridgehead atoms. The Labute approximate surface area is 161 Å². The topological polar surface area (TPSA) is 32.8 Å². The molecule has 5 heteroatoms. The number of amides is 1. The second-order valence-electron chi connectivity index (χ2n) is 7.91. The van der Waals surface area contributed by atoms with Gasteiger partial charge in [-0.2, -0.15) is 11.8 Å². The molecule has 26 heavy (non-hydrogen) atoms. The Morgan fingerprint density at radius 1 is 1.15 bits per heavy atom. The minimum Gasteiger partial charge on any atom is -0.381 e. The van der Waals surface area contributed by atoms with E-state index in [1.54, 1.807) is 0 Å². The lowest BCUT2D eigenvalue weighted by atomic mass is 9.89. The van der Waals surface area contributed by atoms with Crippen molar-refractivity contribution in [1.82, 2.24) is 9.80 Å². The van der Waals surface area contributed by atoms with Crippen LogP contribution in [0.5, 0.6) is 0 Å². The maximum absolute atomic E-state index is 13.3. The van der Waals surface area contributed by atoms with Crippen LogP contribution >= 0.6 is 11.8 Å². The summed E-state index contributed by atoms with van der Waals surface area (Å²) in [6.07, 6.45) is 3.94. The lowest BCUT2D eigenvalue weighted by Crippen LogP contribution is -2.41. The van der Waals surface area contributed by atoms with Crippen LogP contribution in [0.1, 0.15) is 24.4 Å². The number of fused-ring (bicyclic) bond motifs is 1. The van der Waals surface area contributed by atoms with Crippen molar-refractivity contribution >= 4 is 17.7 Å². The van der Waals surface area contributed by atoms with E-state index in [2.05, 4.69) is 46.4 Å². The van der Waals surface area contributed by atoms with Gasteiger partial charge in [-0.05, 0) is 30.6 Å². The minimum absolute atomic E-state index is 0.154. The maximum Gasteiger partial charge on any atom is 0.226 e. The summed E-state index contributed by atoms with van der Waals surface area (Å²) >= 11 is 1.92. The Balaban J connectivity index is 1.54. The van der Waals surface area contributed by atoms with Crippen molar-refractivity contribution in [2.24, 2.45) is 17.8 Å². The SMILES string of the molecule is CSCCN1C[C@H]2CN(C(=O)C3CCOCC3)[C@H](c3ccccc3)[C@H]2C1. The summed E-state index contributed by atoms with van der Waals surface area (Å²) in [5.41, 5.74) is 1.31. The number of ether oxygens (including phenoxy) is 1. The first kappa shape index (κ1) is 18.3. The summed E-state index contributed by atoms with van der Waals surface area (Å²) in [5, 5.41) is 0. The van der Waals surface area contributed by atoms with Gasteiger partial charge in [0.15, 0.2) is 0 Å². The van der Waals surface area contributed by atoms with Gasteiger partial charge in [0, 0.05) is 57.0 Å². The van der Waals surface area contributed by atoms with Gasteiger partial charge in [0.05, 0.1) is 6.04 Å². The van der Waals surface area contributed by atoms with Crippen LogP contribution in [0.15, 0.2) is 30.3 Å². The van der Waals surface area contributed by atoms with Crippen LogP contribution in [0, 0.1) is 17.8 Å². The second kappa shape index (κ2) is 8.32. The monoisotopic (exact) mass is 374 g/mol. The smallest absolute Gasteiger partial charge is 0.226 e. The molecule has 3 atom stereocenters. The Kier molecular flexibility index (Phi) is 5.87. The molecule has 4 rings (SSSR count). The summed E-state index contributed by atoms with van der Waals surface area (Å²) in [5.74, 6) is 2.91. The van der Waals surface area contributed by atoms with E-state index in [0.29, 0.717) is 17.7 Å². The van der Waals surface area contributed by atoms with Gasteiger partial charge in [0.2, 0.25) is 5.91 Å². The van der Waals surface area contributed by atoms with Crippen molar-refractivity contribution in [3.63, 3.8) is 0 Å². The molecule has 0 aliphatic carbocycles. The third kappa shape index (κ3) is 3.67. The third-order valence-electron chi connectivity index (χ3n) is 6.35. The van der Waals surface area contributed by atoms with E-state index in [0.717, 1.165) is 45.7 Å². The number of benzene rings is 1. The predicted octanol–water partition coefficient (Wildman–Crippen LogP) is 2.91. The van der Waals surface area contributed by atoms with Crippen LogP contribution in [0.4, 0.5) is 0 Å². The van der Waals surface area contributed by atoms with Gasteiger partial charge in [-0.25, -0.2) is 0 Å². The fourth-order valence-corrected chi connectivity index (χ4v) is 5.46. The number of carbonyl (C=O) groups is 1. The summed E-state index contributed by atoms with van der Waals surface area (Å²) < 4.78 is 5.47. The maximum atomic E-state index is 13.3. The average molecular weight is 375 g/mol. The van der Waals surface area contributed by atoms with Gasteiger partial charge in [0.1, 0.15) is 0 Å². The van der Waals surface area contributed by atoms with Crippen molar-refractivity contribution in [3.8, 4) is 0 Å². The van der Waals surface area contributed by atoms with Crippen molar-refractivity contribution in [2.45, 2.75) is 18.9 Å². The quantitative estimate of drug-likeness (QED) is 0.793. The zero-order valence-electron chi connectivity index (χ0n) is 15.7. The van der Waals surface area contributed by atoms with Crippen molar-refractivity contribution < 1.29 is 9.53 Å². The molecule has 3 aliphatic heterocycles. The molecule has 3 aliphatic rings. The van der Waals surface area contributed by atoms with E-state index < -0.39 is 0 Å². The van der Waals surface area contributed by atoms with Crippen LogP contribution in [0.25, 0.3) is 0 Å². The molecular weight excluding hydrogens is 344 g/mol. The summed E-state index contributed by atoms with van der Waals surface area (Å²) in [6.45, 7) is 5.83. The van der Waals surface area contributed by atoms with E-state index in [4.69, 9.17) is 4.74 Å². The van der Waals surface area contributed by atoms with E-state index in [1.165, 1.54) is 17.9 Å². The Morgan fingerprint density at radius 2 is 1.92 bits per heavy atom. The third-order valence-corrected chi connectivity index (χ3v) is 6.94. The molecule has 142 valence electrons. The summed E-state index contributed by atoms with van der Waals surface area (Å²) in [7, 11) is 0. The number of carbonyl (C=O) groups excluding carboxylic acids is 1. The van der Waals surface area contributed by atoms with E-state index in [1.807, 2.05) is 11.8 Å². The van der Waals surface area contributed by atoms with E-state index in [9.17, 15) is 4.79 Å². The fraction of sp³-hybridized carbons (Fsp3) is 0.667. The Hall–Kier alpha value is -1.04. The molecule has 3 heterocycles. The summed E-state index contributed by atoms with van der Waals surface area (Å²) in [6, 6.07) is 11.0. The molecule has 0 radical (unpaired) electrons. The standard InChI is InChI=1S/C21H30N2O2S/c1-26-12-9-22-13-18-14-23(21(24)17-7-10-25-11-8-17)20(19(18)15-22)16-5-3-2-4-6-16/h2-6,17-20H,7-15H2,1H3/t18-,19-,20+/m0/s1. The zero-order valence-corrected chi connectivity index (χ0v) is 16.5. The van der Waals surface area contributed by atoms with Crippen molar-refractivity contribution in [2.75, 3.05) is 51.4 Å². The van der Waals surface area contributed by atoms with Gasteiger partial charge in [-0.1, -0.05) is 30.3 Å². The first-order valence-corrected chi connectivity index (χ1v) is 11.3. The van der Waals surface area contributed by atoms with Gasteiger partial charge < -0.3 is 14.5 Å².